The van der Waals surface area contributed by atoms with Gasteiger partial charge in [-0.2, -0.15) is 0 Å². The van der Waals surface area contributed by atoms with Gasteiger partial charge in [-0.25, -0.2) is 0 Å². The fourth-order valence-corrected chi connectivity index (χ4v) is 2.74. The molecule has 1 aromatic rings. The molecule has 1 aromatic carbocycles. The van der Waals surface area contributed by atoms with Gasteiger partial charge >= 0.3 is 0 Å². The lowest BCUT2D eigenvalue weighted by Gasteiger charge is -2.31. The third kappa shape index (κ3) is 2.99. The number of likely N-dealkylation sites (N-methyl/N-ethyl adjacent to an activating group) is 1. The highest BCUT2D eigenvalue weighted by atomic mass is 16.2. The van der Waals surface area contributed by atoms with Crippen molar-refractivity contribution in [3.05, 3.63) is 35.9 Å². The SMILES string of the molecule is CN(C)[C@@H](C(=O)N1CCCC1NC=O)c1ccccc1. The van der Waals surface area contributed by atoms with E-state index in [4.69, 9.17) is 0 Å². The number of carbonyl (C=O) groups is 2. The maximum absolute atomic E-state index is 12.8. The molecule has 0 spiro atoms. The van der Waals surface area contributed by atoms with E-state index in [1.807, 2.05) is 49.3 Å². The molecule has 1 aliphatic heterocycles. The number of hydrogen-bond donors (Lipinski definition) is 1. The van der Waals surface area contributed by atoms with Gasteiger partial charge in [-0.15, -0.1) is 0 Å². The average molecular weight is 275 g/mol. The van der Waals surface area contributed by atoms with Crippen LogP contribution in [0.2, 0.25) is 0 Å². The number of benzene rings is 1. The Bertz CT molecular complexity index is 461. The van der Waals surface area contributed by atoms with Gasteiger partial charge < -0.3 is 10.2 Å². The minimum absolute atomic E-state index is 0.0399. The topological polar surface area (TPSA) is 52.7 Å². The summed E-state index contributed by atoms with van der Waals surface area (Å²) in [7, 11) is 3.79. The quantitative estimate of drug-likeness (QED) is 0.815. The summed E-state index contributed by atoms with van der Waals surface area (Å²) in [6.07, 6.45) is 2.24. The second kappa shape index (κ2) is 6.52. The molecule has 5 nitrogen and oxygen atoms in total. The molecule has 1 aliphatic rings. The maximum atomic E-state index is 12.8. The van der Waals surface area contributed by atoms with Gasteiger partial charge in [-0.1, -0.05) is 30.3 Å². The van der Waals surface area contributed by atoms with Crippen LogP contribution in [-0.2, 0) is 9.59 Å². The number of nitrogens with one attached hydrogen (secondary N) is 1. The first kappa shape index (κ1) is 14.5. The van der Waals surface area contributed by atoms with Crippen molar-refractivity contribution in [1.82, 2.24) is 15.1 Å². The molecule has 1 unspecified atom stereocenters. The lowest BCUT2D eigenvalue weighted by atomic mass is 10.0. The molecule has 1 heterocycles. The second-order valence-electron chi connectivity index (χ2n) is 5.25. The summed E-state index contributed by atoms with van der Waals surface area (Å²) in [4.78, 5) is 27.1. The Morgan fingerprint density at radius 1 is 1.40 bits per heavy atom. The van der Waals surface area contributed by atoms with Gasteiger partial charge in [0, 0.05) is 6.54 Å². The van der Waals surface area contributed by atoms with E-state index in [1.54, 1.807) is 4.90 Å². The van der Waals surface area contributed by atoms with Crippen LogP contribution in [0.25, 0.3) is 0 Å². The van der Waals surface area contributed by atoms with Crippen LogP contribution >= 0.6 is 0 Å². The van der Waals surface area contributed by atoms with E-state index in [0.29, 0.717) is 13.0 Å². The van der Waals surface area contributed by atoms with Crippen LogP contribution in [0.1, 0.15) is 24.4 Å². The molecule has 2 amide bonds. The zero-order chi connectivity index (χ0) is 14.5. The Morgan fingerprint density at radius 3 is 2.70 bits per heavy atom. The summed E-state index contributed by atoms with van der Waals surface area (Å²) in [5, 5.41) is 2.73. The summed E-state index contributed by atoms with van der Waals surface area (Å²) >= 11 is 0. The third-order valence-electron chi connectivity index (χ3n) is 3.66. The monoisotopic (exact) mass is 275 g/mol. The molecular formula is C15H21N3O2. The molecule has 108 valence electrons. The molecule has 1 saturated heterocycles. The number of carbonyl (C=O) groups excluding carboxylic acids is 2. The van der Waals surface area contributed by atoms with Crippen molar-refractivity contribution in [2.24, 2.45) is 0 Å². The zero-order valence-electron chi connectivity index (χ0n) is 12.0. The van der Waals surface area contributed by atoms with Crippen LogP contribution in [0.3, 0.4) is 0 Å². The van der Waals surface area contributed by atoms with Crippen LogP contribution in [0.15, 0.2) is 30.3 Å². The molecule has 0 aromatic heterocycles. The van der Waals surface area contributed by atoms with E-state index in [9.17, 15) is 9.59 Å². The fraction of sp³-hybridized carbons (Fsp3) is 0.467. The molecule has 1 N–H and O–H groups in total. The average Bonchev–Trinajstić information content (AvgIpc) is 2.88. The molecule has 0 aliphatic carbocycles. The van der Waals surface area contributed by atoms with Crippen LogP contribution in [0, 0.1) is 0 Å². The van der Waals surface area contributed by atoms with E-state index in [-0.39, 0.29) is 18.1 Å². The summed E-state index contributed by atoms with van der Waals surface area (Å²) in [6.45, 7) is 0.696. The normalized spacial score (nSPS) is 19.9. The van der Waals surface area contributed by atoms with Gasteiger partial charge in [0.2, 0.25) is 12.3 Å². The fourth-order valence-electron chi connectivity index (χ4n) is 2.74. The lowest BCUT2D eigenvalue weighted by molar-refractivity contribution is -0.138. The molecule has 0 bridgehead atoms. The molecule has 5 heteroatoms. The van der Waals surface area contributed by atoms with Crippen LogP contribution in [-0.4, -0.2) is 48.9 Å². The molecule has 0 radical (unpaired) electrons. The number of rotatable bonds is 5. The van der Waals surface area contributed by atoms with Crippen molar-refractivity contribution in [3.8, 4) is 0 Å². The zero-order valence-corrected chi connectivity index (χ0v) is 12.0. The predicted octanol–water partition coefficient (Wildman–Crippen LogP) is 0.984. The number of likely N-dealkylation sites (tertiary alicyclic amines) is 1. The maximum Gasteiger partial charge on any atom is 0.246 e. The predicted molar refractivity (Wildman–Crippen MR) is 76.8 cm³/mol. The first-order valence-electron chi connectivity index (χ1n) is 6.86. The molecule has 20 heavy (non-hydrogen) atoms. The van der Waals surface area contributed by atoms with Crippen molar-refractivity contribution < 1.29 is 9.59 Å². The Balaban J connectivity index is 2.21. The van der Waals surface area contributed by atoms with Crippen LogP contribution in [0.4, 0.5) is 0 Å². The van der Waals surface area contributed by atoms with Crippen molar-refractivity contribution in [2.45, 2.75) is 25.0 Å². The minimum atomic E-state index is -0.315. The smallest absolute Gasteiger partial charge is 0.246 e. The Kier molecular flexibility index (Phi) is 4.74. The molecule has 1 fully saturated rings. The summed E-state index contributed by atoms with van der Waals surface area (Å²) in [5.74, 6) is 0.0399. The standard InChI is InChI=1S/C15H21N3O2/c1-17(2)14(12-7-4-3-5-8-12)15(20)18-10-6-9-13(18)16-11-19/h3-5,7-8,11,13-14H,6,9-10H2,1-2H3,(H,16,19)/t13?,14-/m1/s1. The Labute approximate surface area is 119 Å². The van der Waals surface area contributed by atoms with E-state index >= 15 is 0 Å². The third-order valence-corrected chi connectivity index (χ3v) is 3.66. The Hall–Kier alpha value is -1.88. The number of hydrogen-bond acceptors (Lipinski definition) is 3. The van der Waals surface area contributed by atoms with Gasteiger partial charge in [0.15, 0.2) is 0 Å². The molecule has 2 atom stereocenters. The first-order chi connectivity index (χ1) is 9.65. The number of amides is 2. The van der Waals surface area contributed by atoms with E-state index in [2.05, 4.69) is 5.32 Å². The summed E-state index contributed by atoms with van der Waals surface area (Å²) < 4.78 is 0. The van der Waals surface area contributed by atoms with Crippen molar-refractivity contribution in [2.75, 3.05) is 20.6 Å². The van der Waals surface area contributed by atoms with Gasteiger partial charge in [0.1, 0.15) is 12.2 Å². The molecule has 2 rings (SSSR count). The van der Waals surface area contributed by atoms with Crippen molar-refractivity contribution in [1.29, 1.82) is 0 Å². The highest BCUT2D eigenvalue weighted by Crippen LogP contribution is 2.25. The second-order valence-corrected chi connectivity index (χ2v) is 5.25. The van der Waals surface area contributed by atoms with E-state index < -0.39 is 0 Å². The molecular weight excluding hydrogens is 254 g/mol. The lowest BCUT2D eigenvalue weighted by Crippen LogP contribution is -2.48. The van der Waals surface area contributed by atoms with E-state index in [1.165, 1.54) is 0 Å². The largest absolute Gasteiger partial charge is 0.338 e. The van der Waals surface area contributed by atoms with Gasteiger partial charge in [0.05, 0.1) is 0 Å². The van der Waals surface area contributed by atoms with Crippen molar-refractivity contribution in [3.63, 3.8) is 0 Å². The van der Waals surface area contributed by atoms with Crippen LogP contribution in [0.5, 0.6) is 0 Å². The minimum Gasteiger partial charge on any atom is -0.338 e. The summed E-state index contributed by atoms with van der Waals surface area (Å²) in [6, 6.07) is 9.41. The Morgan fingerprint density at radius 2 is 2.10 bits per heavy atom. The van der Waals surface area contributed by atoms with E-state index in [0.717, 1.165) is 18.4 Å². The van der Waals surface area contributed by atoms with Gasteiger partial charge in [0.25, 0.3) is 0 Å². The number of nitrogens with zero attached hydrogens (tertiary/aromatic N) is 2. The van der Waals surface area contributed by atoms with Crippen LogP contribution < -0.4 is 5.32 Å². The molecule has 0 saturated carbocycles. The van der Waals surface area contributed by atoms with Gasteiger partial charge in [-0.05, 0) is 32.5 Å². The highest BCUT2D eigenvalue weighted by Gasteiger charge is 2.34. The van der Waals surface area contributed by atoms with Crippen molar-refractivity contribution >= 4 is 12.3 Å². The first-order valence-corrected chi connectivity index (χ1v) is 6.86. The highest BCUT2D eigenvalue weighted by molar-refractivity contribution is 5.84. The van der Waals surface area contributed by atoms with Gasteiger partial charge in [-0.3, -0.25) is 14.5 Å². The summed E-state index contributed by atoms with van der Waals surface area (Å²) in [5.41, 5.74) is 0.972.